The van der Waals surface area contributed by atoms with Gasteiger partial charge in [-0.25, -0.2) is 4.98 Å². The second-order valence-electron chi connectivity index (χ2n) is 8.73. The molecule has 1 aliphatic carbocycles. The quantitative estimate of drug-likeness (QED) is 0.809. The molecule has 0 spiro atoms. The van der Waals surface area contributed by atoms with E-state index in [9.17, 15) is 4.79 Å². The van der Waals surface area contributed by atoms with Gasteiger partial charge in [0.25, 0.3) is 0 Å². The molecular weight excluding hydrogens is 388 g/mol. The number of hydrogen-bond donors (Lipinski definition) is 1. The Bertz CT molecular complexity index is 1050. The van der Waals surface area contributed by atoms with Crippen LogP contribution in [0.5, 0.6) is 0 Å². The SMILES string of the molecule is N#Cc1ccc(C2(NCC(=O)N3CC4CCC(C3)N4c3ccc(C#N)cn3)CC2)cc1. The molecule has 1 saturated carbocycles. The Labute approximate surface area is 181 Å². The molecule has 1 amide bonds. The number of piperazine rings is 1. The topological polar surface area (TPSA) is 96.0 Å². The van der Waals surface area contributed by atoms with Crippen LogP contribution in [-0.2, 0) is 10.3 Å². The van der Waals surface area contributed by atoms with E-state index in [1.54, 1.807) is 6.20 Å². The van der Waals surface area contributed by atoms with E-state index in [0.29, 0.717) is 30.8 Å². The average molecular weight is 412 g/mol. The summed E-state index contributed by atoms with van der Waals surface area (Å²) in [4.78, 5) is 21.8. The summed E-state index contributed by atoms with van der Waals surface area (Å²) in [5, 5.41) is 21.5. The molecule has 5 rings (SSSR count). The third kappa shape index (κ3) is 3.62. The lowest BCUT2D eigenvalue weighted by atomic mass is 10.0. The Balaban J connectivity index is 1.21. The predicted octanol–water partition coefficient (Wildman–Crippen LogP) is 2.28. The fraction of sp³-hybridized carbons (Fsp3) is 0.417. The molecule has 2 aromatic rings. The molecule has 2 saturated heterocycles. The molecule has 1 aromatic heterocycles. The first-order valence-corrected chi connectivity index (χ1v) is 10.8. The van der Waals surface area contributed by atoms with E-state index < -0.39 is 0 Å². The number of nitrogens with one attached hydrogen (secondary N) is 1. The zero-order valence-electron chi connectivity index (χ0n) is 17.3. The van der Waals surface area contributed by atoms with Gasteiger partial charge in [-0.1, -0.05) is 12.1 Å². The minimum atomic E-state index is -0.128. The second-order valence-corrected chi connectivity index (χ2v) is 8.73. The smallest absolute Gasteiger partial charge is 0.236 e. The van der Waals surface area contributed by atoms with Gasteiger partial charge in [-0.15, -0.1) is 0 Å². The van der Waals surface area contributed by atoms with Crippen LogP contribution in [0.2, 0.25) is 0 Å². The Morgan fingerprint density at radius 1 is 1.03 bits per heavy atom. The third-order valence-electron chi connectivity index (χ3n) is 6.87. The maximum atomic E-state index is 13.0. The minimum Gasteiger partial charge on any atom is -0.347 e. The van der Waals surface area contributed by atoms with Gasteiger partial charge in [-0.2, -0.15) is 10.5 Å². The van der Waals surface area contributed by atoms with Crippen molar-refractivity contribution in [3.8, 4) is 12.1 Å². The maximum absolute atomic E-state index is 13.0. The first kappa shape index (κ1) is 19.5. The highest BCUT2D eigenvalue weighted by Crippen LogP contribution is 2.45. The van der Waals surface area contributed by atoms with Crippen molar-refractivity contribution < 1.29 is 4.79 Å². The number of amides is 1. The van der Waals surface area contributed by atoms with Crippen LogP contribution >= 0.6 is 0 Å². The van der Waals surface area contributed by atoms with Crippen LogP contribution in [0.1, 0.15) is 42.4 Å². The molecule has 1 aromatic carbocycles. The number of anilines is 1. The van der Waals surface area contributed by atoms with Crippen molar-refractivity contribution in [1.82, 2.24) is 15.2 Å². The summed E-state index contributed by atoms with van der Waals surface area (Å²) in [5.74, 6) is 1.04. The lowest BCUT2D eigenvalue weighted by molar-refractivity contribution is -0.131. The molecule has 3 fully saturated rings. The zero-order valence-corrected chi connectivity index (χ0v) is 17.3. The number of carbonyl (C=O) groups is 1. The number of pyridine rings is 1. The van der Waals surface area contributed by atoms with Crippen molar-refractivity contribution in [2.75, 3.05) is 24.5 Å². The molecule has 7 nitrogen and oxygen atoms in total. The van der Waals surface area contributed by atoms with Crippen LogP contribution in [0.4, 0.5) is 5.82 Å². The molecular formula is C24H24N6O. The van der Waals surface area contributed by atoms with Crippen LogP contribution < -0.4 is 10.2 Å². The molecule has 2 unspecified atom stereocenters. The van der Waals surface area contributed by atoms with E-state index in [0.717, 1.165) is 37.1 Å². The number of nitriles is 2. The average Bonchev–Trinajstić information content (AvgIpc) is 3.57. The second kappa shape index (κ2) is 7.68. The molecule has 2 atom stereocenters. The lowest BCUT2D eigenvalue weighted by Crippen LogP contribution is -2.57. The van der Waals surface area contributed by atoms with Gasteiger partial charge in [0.2, 0.25) is 5.91 Å². The van der Waals surface area contributed by atoms with Crippen LogP contribution in [-0.4, -0.2) is 47.5 Å². The number of aromatic nitrogens is 1. The summed E-state index contributed by atoms with van der Waals surface area (Å²) < 4.78 is 0. The fourth-order valence-electron chi connectivity index (χ4n) is 5.00. The van der Waals surface area contributed by atoms with Crippen LogP contribution in [0, 0.1) is 22.7 Å². The first-order valence-electron chi connectivity index (χ1n) is 10.8. The molecule has 0 radical (unpaired) electrons. The first-order chi connectivity index (χ1) is 15.1. The lowest BCUT2D eigenvalue weighted by Gasteiger charge is -2.42. The highest BCUT2D eigenvalue weighted by molar-refractivity contribution is 5.79. The highest BCUT2D eigenvalue weighted by Gasteiger charge is 2.45. The van der Waals surface area contributed by atoms with Crippen LogP contribution in [0.15, 0.2) is 42.6 Å². The van der Waals surface area contributed by atoms with Crippen molar-refractivity contribution in [3.63, 3.8) is 0 Å². The van der Waals surface area contributed by atoms with Crippen molar-refractivity contribution in [2.24, 2.45) is 0 Å². The van der Waals surface area contributed by atoms with E-state index >= 15 is 0 Å². The maximum Gasteiger partial charge on any atom is 0.236 e. The van der Waals surface area contributed by atoms with E-state index in [1.807, 2.05) is 41.3 Å². The molecule has 31 heavy (non-hydrogen) atoms. The van der Waals surface area contributed by atoms with Gasteiger partial charge in [0, 0.05) is 36.9 Å². The Hall–Kier alpha value is -3.42. The summed E-state index contributed by atoms with van der Waals surface area (Å²) in [5.41, 5.74) is 2.24. The summed E-state index contributed by atoms with van der Waals surface area (Å²) >= 11 is 0. The molecule has 3 aliphatic rings. The van der Waals surface area contributed by atoms with Crippen LogP contribution in [0.25, 0.3) is 0 Å². The Kier molecular flexibility index (Phi) is 4.84. The van der Waals surface area contributed by atoms with E-state index in [2.05, 4.69) is 27.3 Å². The van der Waals surface area contributed by atoms with Crippen molar-refractivity contribution >= 4 is 11.7 Å². The highest BCUT2D eigenvalue weighted by atomic mass is 16.2. The van der Waals surface area contributed by atoms with E-state index in [1.165, 1.54) is 0 Å². The minimum absolute atomic E-state index is 0.128. The number of nitrogens with zero attached hydrogens (tertiary/aromatic N) is 5. The van der Waals surface area contributed by atoms with Gasteiger partial charge in [0.05, 0.1) is 23.7 Å². The number of benzene rings is 1. The number of carbonyl (C=O) groups excluding carboxylic acids is 1. The standard InChI is InChI=1S/C24H24N6O/c25-11-17-1-4-19(5-2-17)24(9-10-24)28-14-23(31)29-15-20-6-7-21(16-29)30(20)22-8-3-18(12-26)13-27-22/h1-5,8,13,20-21,28H,6-7,9-10,14-16H2. The number of hydrogen-bond acceptors (Lipinski definition) is 6. The third-order valence-corrected chi connectivity index (χ3v) is 6.87. The molecule has 2 bridgehead atoms. The monoisotopic (exact) mass is 412 g/mol. The van der Waals surface area contributed by atoms with Gasteiger partial charge >= 0.3 is 0 Å². The predicted molar refractivity (Wildman–Crippen MR) is 115 cm³/mol. The van der Waals surface area contributed by atoms with Gasteiger partial charge in [0.1, 0.15) is 11.9 Å². The molecule has 3 heterocycles. The summed E-state index contributed by atoms with van der Waals surface area (Å²) in [6.07, 6.45) is 5.75. The van der Waals surface area contributed by atoms with E-state index in [-0.39, 0.29) is 23.5 Å². The summed E-state index contributed by atoms with van der Waals surface area (Å²) in [6, 6.07) is 16.2. The van der Waals surface area contributed by atoms with Crippen molar-refractivity contribution in [1.29, 1.82) is 10.5 Å². The normalized spacial score (nSPS) is 23.2. The summed E-state index contributed by atoms with van der Waals surface area (Å²) in [6.45, 7) is 1.75. The van der Waals surface area contributed by atoms with Crippen LogP contribution in [0.3, 0.4) is 0 Å². The molecule has 2 aliphatic heterocycles. The molecule has 156 valence electrons. The molecule has 7 heteroatoms. The molecule has 1 N–H and O–H groups in total. The Morgan fingerprint density at radius 3 is 2.23 bits per heavy atom. The number of fused-ring (bicyclic) bond motifs is 2. The van der Waals surface area contributed by atoms with Crippen molar-refractivity contribution in [3.05, 3.63) is 59.3 Å². The van der Waals surface area contributed by atoms with Gasteiger partial charge in [-0.05, 0) is 55.5 Å². The Morgan fingerprint density at radius 2 is 1.68 bits per heavy atom. The fourth-order valence-corrected chi connectivity index (χ4v) is 5.00. The largest absolute Gasteiger partial charge is 0.347 e. The van der Waals surface area contributed by atoms with E-state index in [4.69, 9.17) is 10.5 Å². The summed E-state index contributed by atoms with van der Waals surface area (Å²) in [7, 11) is 0. The van der Waals surface area contributed by atoms with Gasteiger partial charge in [0.15, 0.2) is 0 Å². The number of rotatable bonds is 5. The van der Waals surface area contributed by atoms with Crippen molar-refractivity contribution in [2.45, 2.75) is 43.3 Å². The zero-order chi connectivity index (χ0) is 21.4. The van der Waals surface area contributed by atoms with Gasteiger partial charge < -0.3 is 9.80 Å². The number of likely N-dealkylation sites (tertiary alicyclic amines) is 1. The van der Waals surface area contributed by atoms with Gasteiger partial charge in [-0.3, -0.25) is 10.1 Å².